The molecule has 1 aliphatic rings. The van der Waals surface area contributed by atoms with Gasteiger partial charge in [0.05, 0.1) is 16.6 Å². The van der Waals surface area contributed by atoms with Crippen LogP contribution < -0.4 is 10.6 Å². The summed E-state index contributed by atoms with van der Waals surface area (Å²) in [6.45, 7) is 0.166. The molecule has 2 aromatic carbocycles. The van der Waals surface area contributed by atoms with Crippen LogP contribution in [0.2, 0.25) is 0 Å². The number of aromatic nitrogens is 1. The summed E-state index contributed by atoms with van der Waals surface area (Å²) in [5.41, 5.74) is 0.943. The zero-order chi connectivity index (χ0) is 19.7. The van der Waals surface area contributed by atoms with Crippen molar-refractivity contribution < 1.29 is 18.0 Å². The van der Waals surface area contributed by atoms with Gasteiger partial charge in [0.2, 0.25) is 0 Å². The van der Waals surface area contributed by atoms with E-state index in [0.29, 0.717) is 22.5 Å². The first-order chi connectivity index (χ1) is 13.4. The lowest BCUT2D eigenvalue weighted by Crippen LogP contribution is -2.25. The third-order valence-corrected chi connectivity index (χ3v) is 4.60. The summed E-state index contributed by atoms with van der Waals surface area (Å²) in [5.74, 6) is 0.278. The fraction of sp³-hybridized carbons (Fsp3) is 0.238. The lowest BCUT2D eigenvalue weighted by Gasteiger charge is -2.12. The van der Waals surface area contributed by atoms with Crippen molar-refractivity contribution >= 4 is 22.6 Å². The molecule has 0 atom stereocenters. The van der Waals surface area contributed by atoms with Crippen LogP contribution in [0, 0.1) is 0 Å². The number of carbonyl (C=O) groups is 1. The van der Waals surface area contributed by atoms with E-state index in [1.165, 1.54) is 6.07 Å². The maximum Gasteiger partial charge on any atom is 0.416 e. The molecule has 4 nitrogen and oxygen atoms in total. The second-order valence-corrected chi connectivity index (χ2v) is 6.87. The topological polar surface area (TPSA) is 54.0 Å². The maximum atomic E-state index is 12.9. The van der Waals surface area contributed by atoms with Crippen LogP contribution in [0.4, 0.5) is 19.0 Å². The Hall–Kier alpha value is -3.09. The minimum absolute atomic E-state index is 0.164. The number of para-hydroxylation sites is 1. The Kier molecular flexibility index (Phi) is 4.66. The molecule has 4 rings (SSSR count). The van der Waals surface area contributed by atoms with Crippen molar-refractivity contribution in [3.05, 3.63) is 71.3 Å². The van der Waals surface area contributed by atoms with Crippen molar-refractivity contribution in [2.75, 3.05) is 5.32 Å². The molecule has 1 saturated carbocycles. The van der Waals surface area contributed by atoms with Gasteiger partial charge in [0.1, 0.15) is 5.82 Å². The highest BCUT2D eigenvalue weighted by Crippen LogP contribution is 2.30. The van der Waals surface area contributed by atoms with Crippen LogP contribution in [0.5, 0.6) is 0 Å². The number of benzene rings is 2. The fourth-order valence-corrected chi connectivity index (χ4v) is 2.99. The van der Waals surface area contributed by atoms with Crippen molar-refractivity contribution in [2.24, 2.45) is 0 Å². The van der Waals surface area contributed by atoms with Gasteiger partial charge in [-0.25, -0.2) is 4.98 Å². The van der Waals surface area contributed by atoms with Gasteiger partial charge in [0.25, 0.3) is 5.91 Å². The van der Waals surface area contributed by atoms with Crippen LogP contribution in [0.1, 0.15) is 34.3 Å². The summed E-state index contributed by atoms with van der Waals surface area (Å²) in [4.78, 5) is 17.1. The van der Waals surface area contributed by atoms with Gasteiger partial charge in [-0.3, -0.25) is 4.79 Å². The van der Waals surface area contributed by atoms with E-state index in [9.17, 15) is 18.0 Å². The van der Waals surface area contributed by atoms with Gasteiger partial charge in [-0.2, -0.15) is 13.2 Å². The average molecular weight is 385 g/mol. The number of fused-ring (bicyclic) bond motifs is 1. The van der Waals surface area contributed by atoms with E-state index in [2.05, 4.69) is 15.6 Å². The molecule has 1 aromatic heterocycles. The predicted octanol–water partition coefficient (Wildman–Crippen LogP) is 4.76. The molecule has 0 spiro atoms. The molecule has 144 valence electrons. The molecule has 28 heavy (non-hydrogen) atoms. The molecule has 7 heteroatoms. The highest BCUT2D eigenvalue weighted by molar-refractivity contribution is 6.07. The first kappa shape index (κ1) is 18.3. The number of alkyl halides is 3. The van der Waals surface area contributed by atoms with Crippen molar-refractivity contribution in [3.8, 4) is 0 Å². The number of amides is 1. The first-order valence-corrected chi connectivity index (χ1v) is 9.01. The molecular weight excluding hydrogens is 367 g/mol. The SMILES string of the molecule is O=C(NC1CC1)c1cc(NCc2cccc(C(F)(F)F)c2)nc2ccccc12. The lowest BCUT2D eigenvalue weighted by atomic mass is 10.1. The molecule has 0 unspecified atom stereocenters. The molecule has 1 fully saturated rings. The molecule has 1 amide bonds. The minimum Gasteiger partial charge on any atom is -0.366 e. The van der Waals surface area contributed by atoms with Crippen LogP contribution in [-0.2, 0) is 12.7 Å². The van der Waals surface area contributed by atoms with Crippen LogP contribution in [0.3, 0.4) is 0 Å². The third kappa shape index (κ3) is 4.08. The molecule has 1 heterocycles. The number of nitrogens with one attached hydrogen (secondary N) is 2. The quantitative estimate of drug-likeness (QED) is 0.666. The highest BCUT2D eigenvalue weighted by atomic mass is 19.4. The zero-order valence-corrected chi connectivity index (χ0v) is 14.9. The van der Waals surface area contributed by atoms with Gasteiger partial charge in [-0.1, -0.05) is 30.3 Å². The van der Waals surface area contributed by atoms with Crippen LogP contribution in [0.15, 0.2) is 54.6 Å². The number of halogens is 3. The average Bonchev–Trinajstić information content (AvgIpc) is 3.49. The van der Waals surface area contributed by atoms with Crippen molar-refractivity contribution in [3.63, 3.8) is 0 Å². The standard InChI is InChI=1S/C21H18F3N3O/c22-21(23,24)14-5-3-4-13(10-14)12-25-19-11-17(20(28)26-15-8-9-15)16-6-1-2-7-18(16)27-19/h1-7,10-11,15H,8-9,12H2,(H,25,27)(H,26,28). The molecule has 0 radical (unpaired) electrons. The Labute approximate surface area is 159 Å². The van der Waals surface area contributed by atoms with E-state index >= 15 is 0 Å². The number of hydrogen-bond donors (Lipinski definition) is 2. The maximum absolute atomic E-state index is 12.9. The van der Waals surface area contributed by atoms with Gasteiger partial charge in [0.15, 0.2) is 0 Å². The molecule has 0 saturated heterocycles. The highest BCUT2D eigenvalue weighted by Gasteiger charge is 2.30. The number of anilines is 1. The summed E-state index contributed by atoms with van der Waals surface area (Å²) in [7, 11) is 0. The van der Waals surface area contributed by atoms with Crippen LogP contribution in [0.25, 0.3) is 10.9 Å². The van der Waals surface area contributed by atoms with E-state index < -0.39 is 11.7 Å². The number of pyridine rings is 1. The zero-order valence-electron chi connectivity index (χ0n) is 14.9. The van der Waals surface area contributed by atoms with Gasteiger partial charge in [0, 0.05) is 18.0 Å². The van der Waals surface area contributed by atoms with E-state index in [0.717, 1.165) is 30.4 Å². The van der Waals surface area contributed by atoms with Crippen molar-refractivity contribution in [1.82, 2.24) is 10.3 Å². The van der Waals surface area contributed by atoms with Gasteiger partial charge in [-0.05, 0) is 42.7 Å². The number of nitrogens with zero attached hydrogens (tertiary/aromatic N) is 1. The Balaban J connectivity index is 1.59. The molecule has 2 N–H and O–H groups in total. The Morgan fingerprint density at radius 2 is 1.86 bits per heavy atom. The lowest BCUT2D eigenvalue weighted by molar-refractivity contribution is -0.137. The van der Waals surface area contributed by atoms with Crippen LogP contribution >= 0.6 is 0 Å². The van der Waals surface area contributed by atoms with Crippen molar-refractivity contribution in [2.45, 2.75) is 31.6 Å². The summed E-state index contributed by atoms with van der Waals surface area (Å²) in [6.07, 6.45) is -2.42. The monoisotopic (exact) mass is 385 g/mol. The summed E-state index contributed by atoms with van der Waals surface area (Å²) in [5, 5.41) is 6.75. The van der Waals surface area contributed by atoms with Gasteiger partial charge in [-0.15, -0.1) is 0 Å². The first-order valence-electron chi connectivity index (χ1n) is 9.01. The van der Waals surface area contributed by atoms with E-state index in [-0.39, 0.29) is 18.5 Å². The predicted molar refractivity (Wildman–Crippen MR) is 101 cm³/mol. The number of hydrogen-bond acceptors (Lipinski definition) is 3. The molecule has 3 aromatic rings. The largest absolute Gasteiger partial charge is 0.416 e. The van der Waals surface area contributed by atoms with E-state index in [1.54, 1.807) is 18.2 Å². The van der Waals surface area contributed by atoms with E-state index in [4.69, 9.17) is 0 Å². The smallest absolute Gasteiger partial charge is 0.366 e. The molecule has 0 aliphatic heterocycles. The Morgan fingerprint density at radius 1 is 1.07 bits per heavy atom. The summed E-state index contributed by atoms with van der Waals surface area (Å²) in [6, 6.07) is 14.3. The molecule has 1 aliphatic carbocycles. The van der Waals surface area contributed by atoms with Crippen LogP contribution in [-0.4, -0.2) is 16.9 Å². The minimum atomic E-state index is -4.38. The normalized spacial score (nSPS) is 14.1. The summed E-state index contributed by atoms with van der Waals surface area (Å²) < 4.78 is 38.6. The Bertz CT molecular complexity index is 1030. The van der Waals surface area contributed by atoms with Gasteiger partial charge < -0.3 is 10.6 Å². The second kappa shape index (κ2) is 7.14. The Morgan fingerprint density at radius 3 is 2.61 bits per heavy atom. The number of rotatable bonds is 5. The van der Waals surface area contributed by atoms with Crippen molar-refractivity contribution in [1.29, 1.82) is 0 Å². The van der Waals surface area contributed by atoms with Gasteiger partial charge >= 0.3 is 6.18 Å². The molecular formula is C21H18F3N3O. The molecule has 0 bridgehead atoms. The van der Waals surface area contributed by atoms with E-state index in [1.807, 2.05) is 18.2 Å². The summed E-state index contributed by atoms with van der Waals surface area (Å²) >= 11 is 0. The number of carbonyl (C=O) groups excluding carboxylic acids is 1. The second-order valence-electron chi connectivity index (χ2n) is 6.87. The third-order valence-electron chi connectivity index (χ3n) is 4.60. The fourth-order valence-electron chi connectivity index (χ4n) is 2.99.